The topological polar surface area (TPSA) is 101 Å². The van der Waals surface area contributed by atoms with Gasteiger partial charge in [-0.15, -0.1) is 0 Å². The zero-order valence-electron chi connectivity index (χ0n) is 9.18. The highest BCUT2D eigenvalue weighted by molar-refractivity contribution is 6.32. The third-order valence-corrected chi connectivity index (χ3v) is 3.18. The molecule has 4 N–H and O–H groups in total. The van der Waals surface area contributed by atoms with Gasteiger partial charge in [0.2, 0.25) is 0 Å². The van der Waals surface area contributed by atoms with E-state index in [0.717, 1.165) is 4.57 Å². The van der Waals surface area contributed by atoms with Crippen LogP contribution in [0.1, 0.15) is 12.5 Å². The molecule has 0 saturated heterocycles. The van der Waals surface area contributed by atoms with E-state index in [1.807, 2.05) is 0 Å². The molecule has 1 heterocycles. The molecule has 6 nitrogen and oxygen atoms in total. The number of anilines is 1. The summed E-state index contributed by atoms with van der Waals surface area (Å²) in [6.07, 6.45) is -0.00389. The number of aliphatic hydroxyl groups excluding tert-OH is 2. The zero-order valence-corrected chi connectivity index (χ0v) is 9.93. The molecule has 0 unspecified atom stereocenters. The third kappa shape index (κ3) is 2.00. The number of hydrogen-bond acceptors (Lipinski definition) is 5. The average Bonchev–Trinajstić information content (AvgIpc) is 2.59. The van der Waals surface area contributed by atoms with Crippen LogP contribution in [-0.4, -0.2) is 32.5 Å². The quantitative estimate of drug-likeness (QED) is 0.705. The van der Waals surface area contributed by atoms with Crippen molar-refractivity contribution in [2.75, 3.05) is 12.3 Å². The van der Waals surface area contributed by atoms with E-state index < -0.39 is 30.3 Å². The van der Waals surface area contributed by atoms with Gasteiger partial charge < -0.3 is 15.9 Å². The summed E-state index contributed by atoms with van der Waals surface area (Å²) in [5, 5.41) is 18.5. The van der Waals surface area contributed by atoms with E-state index in [4.69, 9.17) is 22.4 Å². The molecular weight excluding hydrogens is 265 g/mol. The number of nitrogens with zero attached hydrogens (tertiary/aromatic N) is 2. The Morgan fingerprint density at radius 1 is 1.67 bits per heavy atom. The number of nitrogens with two attached hydrogens (primary N) is 1. The van der Waals surface area contributed by atoms with Crippen molar-refractivity contribution < 1.29 is 14.6 Å². The molecule has 98 valence electrons. The molecule has 0 amide bonds. The van der Waals surface area contributed by atoms with Gasteiger partial charge in [0.25, 0.3) is 0 Å². The summed E-state index contributed by atoms with van der Waals surface area (Å²) in [4.78, 5) is 15.1. The van der Waals surface area contributed by atoms with Crippen molar-refractivity contribution in [3.63, 3.8) is 0 Å². The highest BCUT2D eigenvalue weighted by Crippen LogP contribution is 2.36. The smallest absolute Gasteiger partial charge is 0.350 e. The minimum Gasteiger partial charge on any atom is -0.392 e. The Morgan fingerprint density at radius 2 is 2.33 bits per heavy atom. The summed E-state index contributed by atoms with van der Waals surface area (Å²) in [5.74, 6) is -0.877. The van der Waals surface area contributed by atoms with E-state index in [-0.39, 0.29) is 22.8 Å². The Labute approximate surface area is 106 Å². The lowest BCUT2D eigenvalue weighted by Gasteiger charge is -2.13. The van der Waals surface area contributed by atoms with Gasteiger partial charge in [-0.2, -0.15) is 4.98 Å². The zero-order chi connectivity index (χ0) is 13.4. The second kappa shape index (κ2) is 4.68. The second-order valence-electron chi connectivity index (χ2n) is 3.96. The molecule has 1 aliphatic carbocycles. The van der Waals surface area contributed by atoms with Crippen molar-refractivity contribution in [2.45, 2.75) is 18.6 Å². The minimum atomic E-state index is -1.12. The Balaban J connectivity index is 2.49. The molecule has 2 atom stereocenters. The van der Waals surface area contributed by atoms with Crippen molar-refractivity contribution in [1.29, 1.82) is 0 Å². The van der Waals surface area contributed by atoms with Crippen LogP contribution in [-0.2, 0) is 0 Å². The van der Waals surface area contributed by atoms with Crippen LogP contribution in [0.4, 0.5) is 10.2 Å². The Hall–Kier alpha value is -1.44. The van der Waals surface area contributed by atoms with Crippen LogP contribution in [0.15, 0.2) is 22.4 Å². The summed E-state index contributed by atoms with van der Waals surface area (Å²) < 4.78 is 14.9. The molecule has 1 aromatic rings. The van der Waals surface area contributed by atoms with Gasteiger partial charge in [-0.1, -0.05) is 11.6 Å². The number of allylic oxidation sites excluding steroid dienone is 1. The molecule has 8 heteroatoms. The van der Waals surface area contributed by atoms with Crippen LogP contribution >= 0.6 is 11.6 Å². The van der Waals surface area contributed by atoms with Crippen LogP contribution in [0.2, 0.25) is 5.02 Å². The Kier molecular flexibility index (Phi) is 3.38. The fraction of sp³-hybridized carbons (Fsp3) is 0.400. The van der Waals surface area contributed by atoms with Gasteiger partial charge in [-0.05, 0) is 0 Å². The van der Waals surface area contributed by atoms with E-state index in [2.05, 4.69) is 4.98 Å². The molecule has 0 bridgehead atoms. The molecule has 0 fully saturated rings. The third-order valence-electron chi connectivity index (χ3n) is 2.89. The molecule has 1 aromatic heterocycles. The molecular formula is C10H11ClFN3O3. The van der Waals surface area contributed by atoms with Crippen molar-refractivity contribution in [3.05, 3.63) is 33.1 Å². The average molecular weight is 276 g/mol. The highest BCUT2D eigenvalue weighted by atomic mass is 35.5. The van der Waals surface area contributed by atoms with E-state index >= 15 is 0 Å². The van der Waals surface area contributed by atoms with Crippen molar-refractivity contribution >= 4 is 17.4 Å². The molecule has 0 radical (unpaired) electrons. The van der Waals surface area contributed by atoms with Crippen molar-refractivity contribution in [1.82, 2.24) is 9.55 Å². The van der Waals surface area contributed by atoms with Crippen LogP contribution in [0.5, 0.6) is 0 Å². The lowest BCUT2D eigenvalue weighted by molar-refractivity contribution is 0.181. The lowest BCUT2D eigenvalue weighted by Crippen LogP contribution is -2.27. The van der Waals surface area contributed by atoms with E-state index in [0.29, 0.717) is 0 Å². The predicted octanol–water partition coefficient (Wildman–Crippen LogP) is 0.000500. The summed E-state index contributed by atoms with van der Waals surface area (Å²) in [7, 11) is 0. The normalized spacial score (nSPS) is 23.8. The summed E-state index contributed by atoms with van der Waals surface area (Å²) in [6.45, 7) is -0.603. The largest absolute Gasteiger partial charge is 0.392 e. The van der Waals surface area contributed by atoms with Crippen LogP contribution in [0, 0.1) is 0 Å². The maximum Gasteiger partial charge on any atom is 0.350 e. The maximum atomic E-state index is 13.9. The van der Waals surface area contributed by atoms with Gasteiger partial charge in [-0.3, -0.25) is 4.57 Å². The van der Waals surface area contributed by atoms with E-state index in [1.165, 1.54) is 6.20 Å². The maximum absolute atomic E-state index is 13.9. The standard InChI is InChI=1S/C10H11ClFN3O3/c11-5-2-15(10(18)14-9(5)13)6-1-7(17)4(3-16)8(6)12/h2,6-7,16-17H,1,3H2,(H2,13,14,18)/t6-,7+/m0/s1. The fourth-order valence-corrected chi connectivity index (χ4v) is 2.08. The summed E-state index contributed by atoms with van der Waals surface area (Å²) >= 11 is 5.72. The number of halogens is 2. The minimum absolute atomic E-state index is 0.0225. The van der Waals surface area contributed by atoms with Gasteiger partial charge in [-0.25, -0.2) is 9.18 Å². The highest BCUT2D eigenvalue weighted by Gasteiger charge is 2.34. The van der Waals surface area contributed by atoms with E-state index in [9.17, 15) is 14.3 Å². The molecule has 2 rings (SSSR count). The fourth-order valence-electron chi connectivity index (χ4n) is 1.93. The SMILES string of the molecule is Nc1nc(=O)n([C@H]2C[C@@H](O)C(CO)=C2F)cc1Cl. The summed E-state index contributed by atoms with van der Waals surface area (Å²) in [6, 6.07) is -1.01. The van der Waals surface area contributed by atoms with E-state index in [1.54, 1.807) is 0 Å². The first-order valence-electron chi connectivity index (χ1n) is 5.17. The first kappa shape index (κ1) is 13.0. The van der Waals surface area contributed by atoms with Gasteiger partial charge >= 0.3 is 5.69 Å². The molecule has 0 saturated carbocycles. The van der Waals surface area contributed by atoms with Gasteiger partial charge in [0.15, 0.2) is 0 Å². The number of hydrogen-bond donors (Lipinski definition) is 3. The number of aromatic nitrogens is 2. The first-order chi connectivity index (χ1) is 8.45. The molecule has 0 spiro atoms. The summed E-state index contributed by atoms with van der Waals surface area (Å²) in [5.41, 5.74) is 4.47. The first-order valence-corrected chi connectivity index (χ1v) is 5.55. The Bertz CT molecular complexity index is 572. The lowest BCUT2D eigenvalue weighted by atomic mass is 10.2. The number of aliphatic hydroxyl groups is 2. The number of nitrogen functional groups attached to an aromatic ring is 1. The van der Waals surface area contributed by atoms with Gasteiger partial charge in [0.05, 0.1) is 23.8 Å². The van der Waals surface area contributed by atoms with Gasteiger partial charge in [0, 0.05) is 18.2 Å². The van der Waals surface area contributed by atoms with Crippen LogP contribution in [0.3, 0.4) is 0 Å². The molecule has 0 aliphatic heterocycles. The predicted molar refractivity (Wildman–Crippen MR) is 62.8 cm³/mol. The molecule has 1 aliphatic rings. The van der Waals surface area contributed by atoms with Crippen LogP contribution in [0.25, 0.3) is 0 Å². The Morgan fingerprint density at radius 3 is 2.89 bits per heavy atom. The molecule has 0 aromatic carbocycles. The van der Waals surface area contributed by atoms with Crippen molar-refractivity contribution in [3.8, 4) is 0 Å². The van der Waals surface area contributed by atoms with Crippen molar-refractivity contribution in [2.24, 2.45) is 0 Å². The second-order valence-corrected chi connectivity index (χ2v) is 4.37. The monoisotopic (exact) mass is 275 g/mol. The van der Waals surface area contributed by atoms with Gasteiger partial charge in [0.1, 0.15) is 11.6 Å². The number of rotatable bonds is 2. The molecule has 18 heavy (non-hydrogen) atoms. The van der Waals surface area contributed by atoms with Crippen LogP contribution < -0.4 is 11.4 Å².